The van der Waals surface area contributed by atoms with Gasteiger partial charge in [0.15, 0.2) is 0 Å². The Morgan fingerprint density at radius 3 is 3.06 bits per heavy atom. The molecule has 0 bridgehead atoms. The van der Waals surface area contributed by atoms with Crippen molar-refractivity contribution in [3.63, 3.8) is 0 Å². The van der Waals surface area contributed by atoms with E-state index in [0.29, 0.717) is 6.61 Å². The Kier molecular flexibility index (Phi) is 3.37. The van der Waals surface area contributed by atoms with Crippen LogP contribution in [0.3, 0.4) is 0 Å². The van der Waals surface area contributed by atoms with E-state index in [1.54, 1.807) is 11.3 Å². The van der Waals surface area contributed by atoms with Crippen LogP contribution < -0.4 is 10.6 Å². The molecule has 1 amide bonds. The molecule has 98 valence electrons. The summed E-state index contributed by atoms with van der Waals surface area (Å²) in [5.41, 5.74) is 0.768. The first-order valence-corrected chi connectivity index (χ1v) is 7.39. The highest BCUT2D eigenvalue weighted by Gasteiger charge is 2.41. The first-order valence-electron chi connectivity index (χ1n) is 6.45. The zero-order chi connectivity index (χ0) is 12.4. The summed E-state index contributed by atoms with van der Waals surface area (Å²) >= 11 is 1.55. The van der Waals surface area contributed by atoms with Gasteiger partial charge in [-0.3, -0.25) is 4.79 Å². The van der Waals surface area contributed by atoms with Crippen LogP contribution in [0.2, 0.25) is 0 Å². The van der Waals surface area contributed by atoms with Crippen molar-refractivity contribution in [2.24, 2.45) is 0 Å². The van der Waals surface area contributed by atoms with Gasteiger partial charge in [0.25, 0.3) is 5.91 Å². The van der Waals surface area contributed by atoms with Crippen molar-refractivity contribution >= 4 is 17.2 Å². The number of hydrogen-bond acceptors (Lipinski definition) is 4. The third-order valence-electron chi connectivity index (χ3n) is 3.84. The predicted octanol–water partition coefficient (Wildman–Crippen LogP) is 1.39. The lowest BCUT2D eigenvalue weighted by atomic mass is 9.88. The largest absolute Gasteiger partial charge is 0.373 e. The molecule has 3 rings (SSSR count). The fourth-order valence-corrected chi connectivity index (χ4v) is 3.47. The van der Waals surface area contributed by atoms with Gasteiger partial charge in [-0.1, -0.05) is 0 Å². The summed E-state index contributed by atoms with van der Waals surface area (Å²) in [4.78, 5) is 12.0. The second-order valence-electron chi connectivity index (χ2n) is 5.13. The van der Waals surface area contributed by atoms with Crippen LogP contribution in [0.4, 0.5) is 0 Å². The van der Waals surface area contributed by atoms with Gasteiger partial charge in [-0.15, -0.1) is 0 Å². The van der Waals surface area contributed by atoms with E-state index in [9.17, 15) is 4.79 Å². The summed E-state index contributed by atoms with van der Waals surface area (Å²) in [6, 6.07) is 2.02. The van der Waals surface area contributed by atoms with Crippen molar-refractivity contribution in [3.8, 4) is 0 Å². The highest BCUT2D eigenvalue weighted by molar-refractivity contribution is 7.08. The molecule has 0 radical (unpaired) electrons. The fraction of sp³-hybridized carbons (Fsp3) is 0.615. The number of piperidine rings is 1. The van der Waals surface area contributed by atoms with Gasteiger partial charge in [0.05, 0.1) is 18.2 Å². The maximum atomic E-state index is 12.0. The average molecular weight is 266 g/mol. The number of hydrogen-bond donors (Lipinski definition) is 2. The van der Waals surface area contributed by atoms with E-state index in [1.807, 2.05) is 16.8 Å². The molecule has 2 aliphatic rings. The molecule has 3 heterocycles. The minimum atomic E-state index is 0.0117. The van der Waals surface area contributed by atoms with Crippen LogP contribution in [-0.2, 0) is 4.74 Å². The number of amides is 1. The summed E-state index contributed by atoms with van der Waals surface area (Å²) in [5.74, 6) is 0.0239. The highest BCUT2D eigenvalue weighted by Crippen LogP contribution is 2.33. The van der Waals surface area contributed by atoms with Crippen LogP contribution in [0.1, 0.15) is 29.6 Å². The van der Waals surface area contributed by atoms with Crippen LogP contribution in [0.25, 0.3) is 0 Å². The number of rotatable bonds is 2. The van der Waals surface area contributed by atoms with Crippen molar-refractivity contribution in [1.82, 2.24) is 10.6 Å². The van der Waals surface area contributed by atoms with Crippen molar-refractivity contribution in [2.45, 2.75) is 30.9 Å². The van der Waals surface area contributed by atoms with Gasteiger partial charge >= 0.3 is 0 Å². The first-order chi connectivity index (χ1) is 8.77. The monoisotopic (exact) mass is 266 g/mol. The Labute approximate surface area is 111 Å². The molecule has 5 heteroatoms. The number of ether oxygens (including phenoxy) is 1. The Balaban J connectivity index is 1.57. The summed E-state index contributed by atoms with van der Waals surface area (Å²) in [6.07, 6.45) is 3.06. The van der Waals surface area contributed by atoms with Gasteiger partial charge < -0.3 is 15.4 Å². The van der Waals surface area contributed by atoms with Gasteiger partial charge in [0.2, 0.25) is 0 Å². The molecule has 0 aliphatic carbocycles. The standard InChI is InChI=1S/C13H18N2O2S/c16-12(10-1-6-18-9-10)15-11-7-13(17-8-11)2-4-14-5-3-13/h1,6,9,11,14H,2-5,7-8H2,(H,15,16)/t11-/m0/s1. The minimum Gasteiger partial charge on any atom is -0.373 e. The molecule has 2 N–H and O–H groups in total. The Hall–Kier alpha value is -0.910. The fourth-order valence-electron chi connectivity index (χ4n) is 2.83. The quantitative estimate of drug-likeness (QED) is 0.850. The average Bonchev–Trinajstić information content (AvgIpc) is 3.01. The Morgan fingerprint density at radius 1 is 1.50 bits per heavy atom. The van der Waals surface area contributed by atoms with E-state index >= 15 is 0 Å². The molecule has 0 unspecified atom stereocenters. The van der Waals surface area contributed by atoms with Crippen LogP contribution in [0, 0.1) is 0 Å². The SMILES string of the molecule is O=C(N[C@@H]1COC2(CCNCC2)C1)c1ccsc1. The maximum absolute atomic E-state index is 12.0. The van der Waals surface area contributed by atoms with E-state index in [4.69, 9.17) is 4.74 Å². The molecular formula is C13H18N2O2S. The zero-order valence-electron chi connectivity index (χ0n) is 10.3. The summed E-state index contributed by atoms with van der Waals surface area (Å²) in [5, 5.41) is 10.2. The lowest BCUT2D eigenvalue weighted by Crippen LogP contribution is -2.42. The minimum absolute atomic E-state index is 0.0117. The molecule has 1 atom stereocenters. The molecule has 0 saturated carbocycles. The van der Waals surface area contributed by atoms with Crippen LogP contribution in [0.5, 0.6) is 0 Å². The molecule has 2 aliphatic heterocycles. The lowest BCUT2D eigenvalue weighted by Gasteiger charge is -2.32. The second kappa shape index (κ2) is 4.99. The second-order valence-corrected chi connectivity index (χ2v) is 5.91. The van der Waals surface area contributed by atoms with E-state index in [2.05, 4.69) is 10.6 Å². The summed E-state index contributed by atoms with van der Waals surface area (Å²) < 4.78 is 5.96. The smallest absolute Gasteiger partial charge is 0.252 e. The van der Waals surface area contributed by atoms with Crippen LogP contribution in [-0.4, -0.2) is 37.2 Å². The third kappa shape index (κ3) is 2.43. The van der Waals surface area contributed by atoms with E-state index in [0.717, 1.165) is 37.9 Å². The Morgan fingerprint density at radius 2 is 2.33 bits per heavy atom. The third-order valence-corrected chi connectivity index (χ3v) is 4.53. The number of thiophene rings is 1. The van der Waals surface area contributed by atoms with Gasteiger partial charge in [-0.25, -0.2) is 0 Å². The molecular weight excluding hydrogens is 248 g/mol. The van der Waals surface area contributed by atoms with Crippen molar-refractivity contribution in [1.29, 1.82) is 0 Å². The molecule has 18 heavy (non-hydrogen) atoms. The van der Waals surface area contributed by atoms with Gasteiger partial charge in [-0.2, -0.15) is 11.3 Å². The molecule has 2 fully saturated rings. The van der Waals surface area contributed by atoms with Crippen LogP contribution >= 0.6 is 11.3 Å². The predicted molar refractivity (Wildman–Crippen MR) is 71.0 cm³/mol. The number of nitrogens with one attached hydrogen (secondary N) is 2. The molecule has 1 spiro atoms. The van der Waals surface area contributed by atoms with Gasteiger partial charge in [0.1, 0.15) is 0 Å². The van der Waals surface area contributed by atoms with E-state index in [1.165, 1.54) is 0 Å². The molecule has 0 aromatic carbocycles. The van der Waals surface area contributed by atoms with Crippen LogP contribution in [0.15, 0.2) is 16.8 Å². The summed E-state index contributed by atoms with van der Waals surface area (Å²) in [6.45, 7) is 2.69. The van der Waals surface area contributed by atoms with Crippen molar-refractivity contribution in [3.05, 3.63) is 22.4 Å². The first kappa shape index (κ1) is 12.1. The summed E-state index contributed by atoms with van der Waals surface area (Å²) in [7, 11) is 0. The molecule has 4 nitrogen and oxygen atoms in total. The molecule has 1 aromatic heterocycles. The zero-order valence-corrected chi connectivity index (χ0v) is 11.1. The van der Waals surface area contributed by atoms with Crippen molar-refractivity contribution in [2.75, 3.05) is 19.7 Å². The normalized spacial score (nSPS) is 26.3. The van der Waals surface area contributed by atoms with E-state index in [-0.39, 0.29) is 17.6 Å². The number of carbonyl (C=O) groups is 1. The molecule has 2 saturated heterocycles. The highest BCUT2D eigenvalue weighted by atomic mass is 32.1. The lowest BCUT2D eigenvalue weighted by molar-refractivity contribution is -0.0194. The molecule has 1 aromatic rings. The van der Waals surface area contributed by atoms with E-state index < -0.39 is 0 Å². The van der Waals surface area contributed by atoms with Crippen molar-refractivity contribution < 1.29 is 9.53 Å². The van der Waals surface area contributed by atoms with Gasteiger partial charge in [-0.05, 0) is 43.8 Å². The topological polar surface area (TPSA) is 50.4 Å². The number of carbonyl (C=O) groups excluding carboxylic acids is 1. The maximum Gasteiger partial charge on any atom is 0.252 e. The Bertz CT molecular complexity index is 413. The van der Waals surface area contributed by atoms with Gasteiger partial charge in [0, 0.05) is 10.9 Å².